The highest BCUT2D eigenvalue weighted by Crippen LogP contribution is 2.56. The molecule has 24 aromatic rings. The molecule has 0 N–H and O–H groups in total. The van der Waals surface area contributed by atoms with Crippen molar-refractivity contribution in [2.45, 2.75) is 19.3 Å². The molecule has 1 aliphatic rings. The summed E-state index contributed by atoms with van der Waals surface area (Å²) in [6.07, 6.45) is 9.69. The van der Waals surface area contributed by atoms with Crippen LogP contribution >= 0.6 is 0 Å². The van der Waals surface area contributed by atoms with Crippen LogP contribution in [0, 0.1) is 0 Å². The average Bonchev–Trinajstić information content (AvgIpc) is 1.53. The van der Waals surface area contributed by atoms with Crippen molar-refractivity contribution < 1.29 is 0 Å². The number of fused-ring (bicyclic) bond motifs is 24. The molecule has 0 spiro atoms. The number of nitrogens with zero attached hydrogens (tertiary/aromatic N) is 7. The van der Waals surface area contributed by atoms with Crippen LogP contribution in [0.1, 0.15) is 25.0 Å². The summed E-state index contributed by atoms with van der Waals surface area (Å²) in [5.74, 6) is 0.694. The zero-order chi connectivity index (χ0) is 79.3. The van der Waals surface area contributed by atoms with Gasteiger partial charge in [-0.2, -0.15) is 0 Å². The van der Waals surface area contributed by atoms with Gasteiger partial charge in [0.05, 0.1) is 39.1 Å². The zero-order valence-electron chi connectivity index (χ0n) is 65.8. The predicted octanol–water partition coefficient (Wildman–Crippen LogP) is 29.4. The molecule has 7 heteroatoms. The second-order valence-corrected chi connectivity index (χ2v) is 32.3. The fourth-order valence-electron chi connectivity index (χ4n) is 20.0. The molecule has 25 rings (SSSR count). The second-order valence-electron chi connectivity index (χ2n) is 32.3. The largest absolute Gasteiger partial charge is 0.308 e. The molecule has 1 aliphatic carbocycles. The summed E-state index contributed by atoms with van der Waals surface area (Å²) in [6.45, 7) is 4.75. The summed E-state index contributed by atoms with van der Waals surface area (Å²) in [5, 5.41) is 21.8. The quantitative estimate of drug-likeness (QED) is 0.135. The van der Waals surface area contributed by atoms with E-state index in [2.05, 4.69) is 392 Å². The Labute approximate surface area is 691 Å². The Balaban J connectivity index is 0.000000137. The highest BCUT2D eigenvalue weighted by Gasteiger charge is 2.37. The lowest BCUT2D eigenvalue weighted by molar-refractivity contribution is 0.660. The zero-order valence-corrected chi connectivity index (χ0v) is 65.8. The molecule has 0 saturated heterocycles. The molecular weight excluding hydrogens is 1460 g/mol. The van der Waals surface area contributed by atoms with E-state index >= 15 is 0 Å². The smallest absolute Gasteiger partial charge is 0.234 e. The van der Waals surface area contributed by atoms with Crippen LogP contribution in [0.15, 0.2) is 407 Å². The van der Waals surface area contributed by atoms with Gasteiger partial charge in [0, 0.05) is 113 Å². The summed E-state index contributed by atoms with van der Waals surface area (Å²) in [6, 6.07) is 138. The lowest BCUT2D eigenvalue weighted by atomic mass is 9.82. The normalized spacial score (nSPS) is 12.5. The van der Waals surface area contributed by atoms with Crippen LogP contribution in [-0.2, 0) is 5.41 Å². The molecule has 6 heterocycles. The van der Waals surface area contributed by atoms with Crippen molar-refractivity contribution in [2.24, 2.45) is 0 Å². The van der Waals surface area contributed by atoms with Gasteiger partial charge in [0.15, 0.2) is 0 Å². The minimum absolute atomic E-state index is 0.149. The summed E-state index contributed by atoms with van der Waals surface area (Å²) in [7, 11) is 0. The van der Waals surface area contributed by atoms with Crippen LogP contribution < -0.4 is 0 Å². The maximum Gasteiger partial charge on any atom is 0.234 e. The van der Waals surface area contributed by atoms with Crippen LogP contribution in [0.3, 0.4) is 0 Å². The van der Waals surface area contributed by atoms with Gasteiger partial charge in [-0.3, -0.25) is 14.4 Å². The molecule has 0 amide bonds. The highest BCUT2D eigenvalue weighted by molar-refractivity contribution is 6.38. The molecule has 0 aliphatic heterocycles. The van der Waals surface area contributed by atoms with Gasteiger partial charge >= 0.3 is 0 Å². The molecule has 0 unspecified atom stereocenters. The summed E-state index contributed by atoms with van der Waals surface area (Å²) in [5.41, 5.74) is 27.9. The summed E-state index contributed by atoms with van der Waals surface area (Å²) >= 11 is 0. The van der Waals surface area contributed by atoms with E-state index in [-0.39, 0.29) is 5.41 Å². The Morgan fingerprint density at radius 3 is 1.33 bits per heavy atom. The fourth-order valence-corrected chi connectivity index (χ4v) is 20.0. The Bertz CT molecular complexity index is 8310. The maximum atomic E-state index is 5.08. The molecular formula is C113H73N7. The van der Waals surface area contributed by atoms with Crippen molar-refractivity contribution in [3.05, 3.63) is 418 Å². The fraction of sp³-hybridized carbons (Fsp3) is 0.0265. The number of aromatic nitrogens is 7. The second kappa shape index (κ2) is 27.2. The third-order valence-electron chi connectivity index (χ3n) is 25.4. The number of imidazole rings is 1. The van der Waals surface area contributed by atoms with Crippen LogP contribution in [0.5, 0.6) is 0 Å². The first-order valence-corrected chi connectivity index (χ1v) is 41.2. The molecule has 0 radical (unpaired) electrons. The molecule has 120 heavy (non-hydrogen) atoms. The van der Waals surface area contributed by atoms with Crippen molar-refractivity contribution in [1.82, 2.24) is 33.5 Å². The molecule has 0 bridgehead atoms. The van der Waals surface area contributed by atoms with Crippen LogP contribution in [0.2, 0.25) is 0 Å². The Kier molecular flexibility index (Phi) is 15.6. The molecule has 18 aromatic carbocycles. The summed E-state index contributed by atoms with van der Waals surface area (Å²) in [4.78, 5) is 19.0. The van der Waals surface area contributed by atoms with Crippen LogP contribution in [0.25, 0.3) is 226 Å². The monoisotopic (exact) mass is 1530 g/mol. The Morgan fingerprint density at radius 1 is 0.267 bits per heavy atom. The van der Waals surface area contributed by atoms with Gasteiger partial charge in [-0.25, -0.2) is 9.97 Å². The van der Waals surface area contributed by atoms with Gasteiger partial charge in [0.2, 0.25) is 5.78 Å². The van der Waals surface area contributed by atoms with E-state index in [1.165, 1.54) is 170 Å². The number of hydrogen-bond acceptors (Lipinski definition) is 4. The van der Waals surface area contributed by atoms with Crippen molar-refractivity contribution in [1.29, 1.82) is 0 Å². The SMILES string of the molecule is CC1(C)c2ccccc2-c2ccc(-n3c(-c4ccccc4)c(-c4ccccc4)c4c5c6ccccc6c(-c6ccc(-c7cn8cccnc8n7)cc6)cc5c5ccccc5c43)cc21.c1ccc(-c2c(-c3ccccc3)n(-c3ccc4ccccc4c3)c3c4ccccc4c4cc(-c5cnc6c(ccc7cccnc76)c5)c5ccccc5c4c23)cc1. The van der Waals surface area contributed by atoms with E-state index in [9.17, 15) is 0 Å². The predicted molar refractivity (Wildman–Crippen MR) is 502 cm³/mol. The van der Waals surface area contributed by atoms with E-state index in [0.29, 0.717) is 5.78 Å². The lowest BCUT2D eigenvalue weighted by Gasteiger charge is -2.23. The van der Waals surface area contributed by atoms with E-state index in [1.807, 2.05) is 41.3 Å². The first-order chi connectivity index (χ1) is 59.3. The molecule has 7 nitrogen and oxygen atoms in total. The van der Waals surface area contributed by atoms with Gasteiger partial charge in [0.1, 0.15) is 0 Å². The first kappa shape index (κ1) is 68.7. The van der Waals surface area contributed by atoms with Crippen LogP contribution in [0.4, 0.5) is 0 Å². The minimum atomic E-state index is -0.149. The minimum Gasteiger partial charge on any atom is -0.308 e. The molecule has 0 saturated carbocycles. The standard InChI is InChI=1S/C59H40N4.C54H33N3/c1-59(2)50-25-14-13-22-44(50)45-31-30-41(34-51(45)59)63-56(40-18-7-4-8-19-40)53(39-16-5-3-6-17-39)55-54-46-23-11-9-20-42(46)48(35-49(54)43-21-10-12-24-47(43)57(55)63)37-26-28-38(29-27-37)52-36-62-33-15-32-60-58(62)61-52;1-3-15-35(16-4-1)48-50-49-44-23-11-9-21-42(44)46(40-30-39-26-25-36-20-13-29-55-51(36)52(39)56-33-40)32-47(49)43-22-10-12-24-45(43)54(50)57(53(48)37-17-5-2-6-18-37)41-28-27-34-14-7-8-19-38(34)31-41/h3-36H,1-2H3;1-33H. The van der Waals surface area contributed by atoms with Crippen molar-refractivity contribution in [3.63, 3.8) is 0 Å². The van der Waals surface area contributed by atoms with E-state index in [4.69, 9.17) is 15.0 Å². The van der Waals surface area contributed by atoms with Gasteiger partial charge in [-0.15, -0.1) is 0 Å². The Morgan fingerprint density at radius 2 is 0.725 bits per heavy atom. The third-order valence-corrected chi connectivity index (χ3v) is 25.4. The number of rotatable bonds is 9. The Hall–Kier alpha value is -15.7. The average molecular weight is 1530 g/mol. The van der Waals surface area contributed by atoms with Gasteiger partial charge in [0.25, 0.3) is 0 Å². The summed E-state index contributed by atoms with van der Waals surface area (Å²) < 4.78 is 7.09. The maximum absolute atomic E-state index is 5.08. The number of benzene rings is 18. The van der Waals surface area contributed by atoms with Gasteiger partial charge in [-0.1, -0.05) is 335 Å². The van der Waals surface area contributed by atoms with Crippen molar-refractivity contribution >= 4 is 125 Å². The van der Waals surface area contributed by atoms with E-state index < -0.39 is 0 Å². The van der Waals surface area contributed by atoms with E-state index in [0.717, 1.165) is 61.1 Å². The topological polar surface area (TPSA) is 65.8 Å². The van der Waals surface area contributed by atoms with Crippen LogP contribution in [-0.4, -0.2) is 33.5 Å². The third kappa shape index (κ3) is 10.6. The van der Waals surface area contributed by atoms with Gasteiger partial charge in [-0.05, 0) is 170 Å². The lowest BCUT2D eigenvalue weighted by Crippen LogP contribution is -2.15. The van der Waals surface area contributed by atoms with Crippen molar-refractivity contribution in [3.8, 4) is 101 Å². The van der Waals surface area contributed by atoms with Crippen molar-refractivity contribution in [2.75, 3.05) is 0 Å². The molecule has 6 aromatic heterocycles. The number of pyridine rings is 2. The molecule has 0 atom stereocenters. The van der Waals surface area contributed by atoms with E-state index in [1.54, 1.807) is 6.20 Å². The molecule has 560 valence electrons. The molecule has 0 fully saturated rings. The first-order valence-electron chi connectivity index (χ1n) is 41.2. The highest BCUT2D eigenvalue weighted by atomic mass is 15.1. The number of hydrogen-bond donors (Lipinski definition) is 0. The van der Waals surface area contributed by atoms with Gasteiger partial charge < -0.3 is 9.13 Å².